The van der Waals surface area contributed by atoms with Crippen LogP contribution in [0.15, 0.2) is 48.0 Å². The molecule has 0 aliphatic carbocycles. The smallest absolute Gasteiger partial charge is 0.266 e. The van der Waals surface area contributed by atoms with Crippen LogP contribution in [0.2, 0.25) is 0 Å². The number of hydrogen-bond donors (Lipinski definition) is 1. The number of rotatable bonds is 7. The third-order valence-corrected chi connectivity index (χ3v) is 3.57. The normalized spacial score (nSPS) is 10.8. The first-order valence-corrected chi connectivity index (χ1v) is 8.46. The molecule has 26 heavy (non-hydrogen) atoms. The standard InChI is InChI=1S/C21H22N2O3/c1-4-25-19-11-8-16(20(13-19)26-5-2)12-17(14-22)21(24)23-18-9-6-15(3)7-10-18/h6-13H,4-5H2,1-3H3,(H,23,24)/b17-12+. The Hall–Kier alpha value is -3.26. The fourth-order valence-electron chi connectivity index (χ4n) is 2.31. The predicted molar refractivity (Wildman–Crippen MR) is 102 cm³/mol. The highest BCUT2D eigenvalue weighted by Gasteiger charge is 2.12. The van der Waals surface area contributed by atoms with Crippen molar-refractivity contribution in [3.63, 3.8) is 0 Å². The van der Waals surface area contributed by atoms with E-state index < -0.39 is 5.91 Å². The average Bonchev–Trinajstić information content (AvgIpc) is 2.63. The van der Waals surface area contributed by atoms with E-state index in [0.717, 1.165) is 5.56 Å². The SMILES string of the molecule is CCOc1ccc(/C=C(\C#N)C(=O)Nc2ccc(C)cc2)c(OCC)c1. The van der Waals surface area contributed by atoms with E-state index in [0.29, 0.717) is 36.0 Å². The molecule has 1 N–H and O–H groups in total. The van der Waals surface area contributed by atoms with Gasteiger partial charge in [0.2, 0.25) is 0 Å². The van der Waals surface area contributed by atoms with E-state index in [4.69, 9.17) is 9.47 Å². The van der Waals surface area contributed by atoms with Crippen LogP contribution in [-0.4, -0.2) is 19.1 Å². The molecular formula is C21H22N2O3. The molecule has 0 spiro atoms. The first-order chi connectivity index (χ1) is 12.6. The van der Waals surface area contributed by atoms with Gasteiger partial charge in [0, 0.05) is 17.3 Å². The minimum Gasteiger partial charge on any atom is -0.494 e. The van der Waals surface area contributed by atoms with Gasteiger partial charge in [-0.3, -0.25) is 4.79 Å². The minimum atomic E-state index is -0.465. The largest absolute Gasteiger partial charge is 0.494 e. The average molecular weight is 350 g/mol. The number of nitrogens with one attached hydrogen (secondary N) is 1. The summed E-state index contributed by atoms with van der Waals surface area (Å²) in [5.41, 5.74) is 2.37. The van der Waals surface area contributed by atoms with Crippen LogP contribution in [0.25, 0.3) is 6.08 Å². The maximum absolute atomic E-state index is 12.4. The van der Waals surface area contributed by atoms with Crippen molar-refractivity contribution in [3.8, 4) is 17.6 Å². The van der Waals surface area contributed by atoms with Crippen LogP contribution in [0.1, 0.15) is 25.0 Å². The van der Waals surface area contributed by atoms with Gasteiger partial charge < -0.3 is 14.8 Å². The van der Waals surface area contributed by atoms with E-state index in [-0.39, 0.29) is 5.57 Å². The van der Waals surface area contributed by atoms with Gasteiger partial charge in [0.1, 0.15) is 23.1 Å². The second kappa shape index (κ2) is 9.28. The van der Waals surface area contributed by atoms with Crippen molar-refractivity contribution in [2.45, 2.75) is 20.8 Å². The van der Waals surface area contributed by atoms with Crippen LogP contribution >= 0.6 is 0 Å². The third kappa shape index (κ3) is 5.12. The monoisotopic (exact) mass is 350 g/mol. The molecule has 5 nitrogen and oxygen atoms in total. The van der Waals surface area contributed by atoms with Gasteiger partial charge in [-0.1, -0.05) is 17.7 Å². The van der Waals surface area contributed by atoms with Crippen LogP contribution in [0.3, 0.4) is 0 Å². The number of nitriles is 1. The zero-order valence-electron chi connectivity index (χ0n) is 15.2. The van der Waals surface area contributed by atoms with Gasteiger partial charge in [-0.15, -0.1) is 0 Å². The Labute approximate surface area is 153 Å². The minimum absolute atomic E-state index is 0.00399. The maximum Gasteiger partial charge on any atom is 0.266 e. The molecule has 2 rings (SSSR count). The topological polar surface area (TPSA) is 71.3 Å². The van der Waals surface area contributed by atoms with E-state index in [1.165, 1.54) is 6.08 Å². The Balaban J connectivity index is 2.27. The molecule has 0 aliphatic heterocycles. The van der Waals surface area contributed by atoms with E-state index in [1.54, 1.807) is 30.3 Å². The lowest BCUT2D eigenvalue weighted by molar-refractivity contribution is -0.112. The van der Waals surface area contributed by atoms with Crippen LogP contribution < -0.4 is 14.8 Å². The lowest BCUT2D eigenvalue weighted by Crippen LogP contribution is -2.13. The van der Waals surface area contributed by atoms with Crippen molar-refractivity contribution in [3.05, 3.63) is 59.2 Å². The van der Waals surface area contributed by atoms with Gasteiger partial charge in [-0.25, -0.2) is 0 Å². The molecule has 0 atom stereocenters. The van der Waals surface area contributed by atoms with Crippen molar-refractivity contribution < 1.29 is 14.3 Å². The van der Waals surface area contributed by atoms with Gasteiger partial charge in [-0.05, 0) is 51.1 Å². The summed E-state index contributed by atoms with van der Waals surface area (Å²) in [5.74, 6) is 0.776. The predicted octanol–water partition coefficient (Wildman–Crippen LogP) is 4.34. The van der Waals surface area contributed by atoms with Crippen molar-refractivity contribution in [2.75, 3.05) is 18.5 Å². The Kier molecular flexibility index (Phi) is 6.81. The Morgan fingerprint density at radius 1 is 1.12 bits per heavy atom. The summed E-state index contributed by atoms with van der Waals surface area (Å²) in [6.07, 6.45) is 1.52. The number of amides is 1. The molecule has 0 radical (unpaired) electrons. The highest BCUT2D eigenvalue weighted by molar-refractivity contribution is 6.09. The lowest BCUT2D eigenvalue weighted by atomic mass is 10.1. The molecule has 5 heteroatoms. The van der Waals surface area contributed by atoms with Crippen molar-refractivity contribution in [2.24, 2.45) is 0 Å². The summed E-state index contributed by atoms with van der Waals surface area (Å²) in [4.78, 5) is 12.4. The van der Waals surface area contributed by atoms with Crippen molar-refractivity contribution in [1.82, 2.24) is 0 Å². The highest BCUT2D eigenvalue weighted by atomic mass is 16.5. The lowest BCUT2D eigenvalue weighted by Gasteiger charge is -2.11. The van der Waals surface area contributed by atoms with Gasteiger partial charge in [-0.2, -0.15) is 5.26 Å². The third-order valence-electron chi connectivity index (χ3n) is 3.57. The summed E-state index contributed by atoms with van der Waals surface area (Å²) in [6, 6.07) is 14.6. The molecule has 134 valence electrons. The van der Waals surface area contributed by atoms with Gasteiger partial charge in [0.15, 0.2) is 0 Å². The van der Waals surface area contributed by atoms with E-state index in [2.05, 4.69) is 5.32 Å². The van der Waals surface area contributed by atoms with Crippen LogP contribution in [-0.2, 0) is 4.79 Å². The van der Waals surface area contributed by atoms with E-state index in [9.17, 15) is 10.1 Å². The zero-order valence-corrected chi connectivity index (χ0v) is 15.2. The van der Waals surface area contributed by atoms with Crippen LogP contribution in [0.4, 0.5) is 5.69 Å². The molecule has 2 aromatic rings. The fourth-order valence-corrected chi connectivity index (χ4v) is 2.31. The Morgan fingerprint density at radius 3 is 2.42 bits per heavy atom. The molecule has 0 saturated heterocycles. The van der Waals surface area contributed by atoms with Crippen LogP contribution in [0, 0.1) is 18.3 Å². The van der Waals surface area contributed by atoms with E-state index in [1.807, 2.05) is 39.0 Å². The van der Waals surface area contributed by atoms with Crippen molar-refractivity contribution >= 4 is 17.7 Å². The molecule has 0 unspecified atom stereocenters. The first-order valence-electron chi connectivity index (χ1n) is 8.46. The van der Waals surface area contributed by atoms with Crippen molar-refractivity contribution in [1.29, 1.82) is 5.26 Å². The highest BCUT2D eigenvalue weighted by Crippen LogP contribution is 2.27. The number of anilines is 1. The first kappa shape index (κ1) is 19.1. The summed E-state index contributed by atoms with van der Waals surface area (Å²) in [7, 11) is 0. The summed E-state index contributed by atoms with van der Waals surface area (Å²) in [5, 5.41) is 12.1. The summed E-state index contributed by atoms with van der Waals surface area (Å²) < 4.78 is 11.1. The number of benzene rings is 2. The molecular weight excluding hydrogens is 328 g/mol. The summed E-state index contributed by atoms with van der Waals surface area (Å²) >= 11 is 0. The number of carbonyl (C=O) groups is 1. The number of carbonyl (C=O) groups excluding carboxylic acids is 1. The van der Waals surface area contributed by atoms with Crippen LogP contribution in [0.5, 0.6) is 11.5 Å². The summed E-state index contributed by atoms with van der Waals surface area (Å²) in [6.45, 7) is 6.75. The maximum atomic E-state index is 12.4. The Morgan fingerprint density at radius 2 is 1.81 bits per heavy atom. The number of ether oxygens (including phenoxy) is 2. The fraction of sp³-hybridized carbons (Fsp3) is 0.238. The molecule has 2 aromatic carbocycles. The number of aryl methyl sites for hydroxylation is 1. The van der Waals surface area contributed by atoms with Gasteiger partial charge in [0.25, 0.3) is 5.91 Å². The molecule has 1 amide bonds. The zero-order chi connectivity index (χ0) is 18.9. The molecule has 0 aliphatic rings. The quantitative estimate of drug-likeness (QED) is 0.596. The molecule has 0 fully saturated rings. The second-order valence-corrected chi connectivity index (χ2v) is 5.56. The number of hydrogen-bond acceptors (Lipinski definition) is 4. The molecule has 0 saturated carbocycles. The molecule has 0 aromatic heterocycles. The van der Waals surface area contributed by atoms with Gasteiger partial charge >= 0.3 is 0 Å². The number of nitrogens with zero attached hydrogens (tertiary/aromatic N) is 1. The second-order valence-electron chi connectivity index (χ2n) is 5.56. The Bertz CT molecular complexity index is 833. The molecule has 0 bridgehead atoms. The van der Waals surface area contributed by atoms with E-state index >= 15 is 0 Å². The van der Waals surface area contributed by atoms with Gasteiger partial charge in [0.05, 0.1) is 13.2 Å². The molecule has 0 heterocycles.